The van der Waals surface area contributed by atoms with Crippen LogP contribution in [0.3, 0.4) is 0 Å². The van der Waals surface area contributed by atoms with Gasteiger partial charge in [0, 0.05) is 11.6 Å². The Kier molecular flexibility index (Phi) is 2.73. The maximum absolute atomic E-state index is 5.83. The lowest BCUT2D eigenvalue weighted by molar-refractivity contribution is 0.735. The molecule has 0 saturated carbocycles. The molecule has 0 bridgehead atoms. The first-order chi connectivity index (χ1) is 6.79. The molecule has 74 valence electrons. The van der Waals surface area contributed by atoms with Gasteiger partial charge in [-0.2, -0.15) is 0 Å². The fraction of sp³-hybridized carbons (Fsp3) is 0.364. The van der Waals surface area contributed by atoms with Gasteiger partial charge in [0.2, 0.25) is 0 Å². The second-order valence-electron chi connectivity index (χ2n) is 3.47. The minimum atomic E-state index is 0.401. The van der Waals surface area contributed by atoms with Crippen molar-refractivity contribution in [3.05, 3.63) is 28.9 Å². The van der Waals surface area contributed by atoms with E-state index in [2.05, 4.69) is 29.4 Å². The lowest BCUT2D eigenvalue weighted by atomic mass is 10.1. The molecular weight excluding hydrogens is 196 g/mol. The number of hydrogen-bond acceptors (Lipinski definition) is 2. The normalized spacial score (nSPS) is 18.9. The molecule has 2 rings (SSSR count). The number of nitrogens with one attached hydrogen (secondary N) is 1. The Morgan fingerprint density at radius 3 is 3.14 bits per heavy atom. The van der Waals surface area contributed by atoms with Crippen LogP contribution in [0, 0.1) is 0 Å². The smallest absolute Gasteiger partial charge is 0.135 e. The molecule has 0 saturated heterocycles. The minimum absolute atomic E-state index is 0.401. The molecule has 0 radical (unpaired) electrons. The van der Waals surface area contributed by atoms with Crippen LogP contribution in [0.2, 0.25) is 5.15 Å². The van der Waals surface area contributed by atoms with E-state index in [1.165, 1.54) is 0 Å². The van der Waals surface area contributed by atoms with E-state index in [1.54, 1.807) is 0 Å². The summed E-state index contributed by atoms with van der Waals surface area (Å²) in [5, 5.41) is 3.90. The summed E-state index contributed by atoms with van der Waals surface area (Å²) >= 11 is 5.83. The molecule has 1 unspecified atom stereocenters. The average Bonchev–Trinajstić information content (AvgIpc) is 2.17. The highest BCUT2D eigenvalue weighted by Crippen LogP contribution is 2.24. The zero-order chi connectivity index (χ0) is 9.97. The minimum Gasteiger partial charge on any atom is -0.363 e. The van der Waals surface area contributed by atoms with Crippen LogP contribution in [0.5, 0.6) is 0 Å². The van der Waals surface area contributed by atoms with Crippen LogP contribution < -0.4 is 5.32 Å². The highest BCUT2D eigenvalue weighted by atomic mass is 35.5. The summed E-state index contributed by atoms with van der Waals surface area (Å²) in [6, 6.07) is 4.20. The van der Waals surface area contributed by atoms with Crippen molar-refractivity contribution in [2.45, 2.75) is 25.8 Å². The van der Waals surface area contributed by atoms with E-state index in [4.69, 9.17) is 11.6 Å². The molecule has 1 aliphatic rings. The van der Waals surface area contributed by atoms with Gasteiger partial charge in [-0.3, -0.25) is 0 Å². The number of fused-ring (bicyclic) bond motifs is 1. The summed E-state index contributed by atoms with van der Waals surface area (Å²) in [7, 11) is 0. The standard InChI is InChI=1S/C11H13ClN2/c1-2-3-9-6-4-8-5-7-10(12)14-11(8)13-9/h4-7,9H,2-3H2,1H3,(H,13,14). The van der Waals surface area contributed by atoms with Gasteiger partial charge in [0.1, 0.15) is 11.0 Å². The van der Waals surface area contributed by atoms with Crippen LogP contribution in [0.15, 0.2) is 18.2 Å². The van der Waals surface area contributed by atoms with E-state index in [9.17, 15) is 0 Å². The Balaban J connectivity index is 2.23. The fourth-order valence-corrected chi connectivity index (χ4v) is 1.77. The van der Waals surface area contributed by atoms with Crippen LogP contribution in [0.4, 0.5) is 5.82 Å². The lowest BCUT2D eigenvalue weighted by Crippen LogP contribution is -2.20. The third-order valence-electron chi connectivity index (χ3n) is 2.32. The SMILES string of the molecule is CCCC1C=Cc2ccc(Cl)nc2N1. The third kappa shape index (κ3) is 1.90. The fourth-order valence-electron chi connectivity index (χ4n) is 1.62. The summed E-state index contributed by atoms with van der Waals surface area (Å²) < 4.78 is 0. The van der Waals surface area contributed by atoms with Gasteiger partial charge in [-0.25, -0.2) is 4.98 Å². The maximum Gasteiger partial charge on any atom is 0.135 e. The molecule has 0 spiro atoms. The Bertz CT molecular complexity index is 360. The number of halogens is 1. The van der Waals surface area contributed by atoms with Gasteiger partial charge in [0.25, 0.3) is 0 Å². The van der Waals surface area contributed by atoms with Crippen molar-refractivity contribution < 1.29 is 0 Å². The number of pyridine rings is 1. The van der Waals surface area contributed by atoms with Crippen molar-refractivity contribution in [1.29, 1.82) is 0 Å². The van der Waals surface area contributed by atoms with Crippen LogP contribution >= 0.6 is 11.6 Å². The van der Waals surface area contributed by atoms with E-state index in [0.29, 0.717) is 11.2 Å². The Morgan fingerprint density at radius 2 is 2.36 bits per heavy atom. The van der Waals surface area contributed by atoms with Gasteiger partial charge in [-0.15, -0.1) is 0 Å². The van der Waals surface area contributed by atoms with Gasteiger partial charge < -0.3 is 5.32 Å². The molecule has 0 aromatic carbocycles. The second-order valence-corrected chi connectivity index (χ2v) is 3.86. The molecule has 0 fully saturated rings. The van der Waals surface area contributed by atoms with E-state index < -0.39 is 0 Å². The molecule has 14 heavy (non-hydrogen) atoms. The quantitative estimate of drug-likeness (QED) is 0.755. The number of hydrogen-bond donors (Lipinski definition) is 1. The van der Waals surface area contributed by atoms with Crippen molar-refractivity contribution in [3.8, 4) is 0 Å². The summed E-state index contributed by atoms with van der Waals surface area (Å²) in [6.45, 7) is 2.18. The van der Waals surface area contributed by atoms with Crippen molar-refractivity contribution in [2.75, 3.05) is 5.32 Å². The van der Waals surface area contributed by atoms with Crippen molar-refractivity contribution >= 4 is 23.5 Å². The molecule has 2 heterocycles. The summed E-state index contributed by atoms with van der Waals surface area (Å²) in [4.78, 5) is 4.25. The van der Waals surface area contributed by atoms with Gasteiger partial charge in [0.15, 0.2) is 0 Å². The number of aromatic nitrogens is 1. The summed E-state index contributed by atoms with van der Waals surface area (Å²) in [5.41, 5.74) is 1.11. The zero-order valence-corrected chi connectivity index (χ0v) is 8.88. The molecule has 3 heteroatoms. The molecule has 1 N–H and O–H groups in total. The summed E-state index contributed by atoms with van der Waals surface area (Å²) in [5.74, 6) is 0.901. The van der Waals surface area contributed by atoms with E-state index in [1.807, 2.05) is 12.1 Å². The monoisotopic (exact) mass is 208 g/mol. The maximum atomic E-state index is 5.83. The molecule has 1 atom stereocenters. The van der Waals surface area contributed by atoms with Gasteiger partial charge in [0.05, 0.1) is 0 Å². The first-order valence-corrected chi connectivity index (χ1v) is 5.28. The Labute approximate surface area is 89.0 Å². The predicted octanol–water partition coefficient (Wildman–Crippen LogP) is 3.34. The second kappa shape index (κ2) is 4.01. The number of nitrogens with zero attached hydrogens (tertiary/aromatic N) is 1. The molecular formula is C11H13ClN2. The van der Waals surface area contributed by atoms with Crippen LogP contribution in [-0.4, -0.2) is 11.0 Å². The molecule has 2 nitrogen and oxygen atoms in total. The van der Waals surface area contributed by atoms with Gasteiger partial charge >= 0.3 is 0 Å². The highest BCUT2D eigenvalue weighted by Gasteiger charge is 2.12. The van der Waals surface area contributed by atoms with Crippen LogP contribution in [0.1, 0.15) is 25.3 Å². The lowest BCUT2D eigenvalue weighted by Gasteiger charge is -2.20. The van der Waals surface area contributed by atoms with Crippen molar-refractivity contribution in [3.63, 3.8) is 0 Å². The van der Waals surface area contributed by atoms with Gasteiger partial charge in [-0.05, 0) is 18.6 Å². The number of anilines is 1. The third-order valence-corrected chi connectivity index (χ3v) is 2.53. The molecule has 1 aliphatic heterocycles. The largest absolute Gasteiger partial charge is 0.363 e. The summed E-state index contributed by atoms with van der Waals surface area (Å²) in [6.07, 6.45) is 6.58. The average molecular weight is 209 g/mol. The molecule has 0 amide bonds. The van der Waals surface area contributed by atoms with Crippen LogP contribution in [-0.2, 0) is 0 Å². The Hall–Kier alpha value is -1.02. The van der Waals surface area contributed by atoms with Crippen LogP contribution in [0.25, 0.3) is 6.08 Å². The first-order valence-electron chi connectivity index (χ1n) is 4.91. The van der Waals surface area contributed by atoms with Crippen molar-refractivity contribution in [2.24, 2.45) is 0 Å². The van der Waals surface area contributed by atoms with E-state index in [0.717, 1.165) is 24.2 Å². The molecule has 0 aliphatic carbocycles. The molecule has 1 aromatic rings. The predicted molar refractivity (Wildman–Crippen MR) is 60.6 cm³/mol. The number of rotatable bonds is 2. The van der Waals surface area contributed by atoms with E-state index >= 15 is 0 Å². The highest BCUT2D eigenvalue weighted by molar-refractivity contribution is 6.29. The van der Waals surface area contributed by atoms with Gasteiger partial charge in [-0.1, -0.05) is 37.1 Å². The Morgan fingerprint density at radius 1 is 1.50 bits per heavy atom. The topological polar surface area (TPSA) is 24.9 Å². The molecule has 1 aromatic heterocycles. The zero-order valence-electron chi connectivity index (χ0n) is 8.13. The van der Waals surface area contributed by atoms with Crippen molar-refractivity contribution in [1.82, 2.24) is 4.98 Å². The first kappa shape index (κ1) is 9.53. The van der Waals surface area contributed by atoms with E-state index in [-0.39, 0.29) is 0 Å².